The highest BCUT2D eigenvalue weighted by molar-refractivity contribution is 8.01. The Morgan fingerprint density at radius 3 is 2.81 bits per heavy atom. The van der Waals surface area contributed by atoms with E-state index in [0.29, 0.717) is 21.4 Å². The van der Waals surface area contributed by atoms with Gasteiger partial charge in [0.05, 0.1) is 5.56 Å². The summed E-state index contributed by atoms with van der Waals surface area (Å²) in [6.07, 6.45) is 0. The molecule has 0 spiro atoms. The van der Waals surface area contributed by atoms with Crippen LogP contribution in [0, 0.1) is 18.6 Å². The standard InChI is InChI=1S/C18H14F2N4O4S3/c1-7-22-23-18(31-7)30-6-8-5-29-16-12(15(26)24(16)13(8)17(27)28)21-14(25)9-3-2-4-10(19)11(9)20/h2-4,12,16H,5-6H2,1H3,(H,21,25)(H,27,28)/t12-,16+/m0/s1. The molecule has 1 saturated heterocycles. The third-order valence-corrected chi connectivity index (χ3v) is 8.01. The Labute approximate surface area is 187 Å². The van der Waals surface area contributed by atoms with Crippen LogP contribution in [0.4, 0.5) is 8.78 Å². The second-order valence-electron chi connectivity index (χ2n) is 6.60. The molecule has 8 nitrogen and oxygen atoms in total. The highest BCUT2D eigenvalue weighted by Crippen LogP contribution is 2.41. The van der Waals surface area contributed by atoms with Gasteiger partial charge in [-0.15, -0.1) is 22.0 Å². The normalized spacial score (nSPS) is 20.4. The van der Waals surface area contributed by atoms with Crippen LogP contribution < -0.4 is 5.32 Å². The van der Waals surface area contributed by atoms with Crippen molar-refractivity contribution in [2.24, 2.45) is 0 Å². The number of halogens is 2. The first-order valence-electron chi connectivity index (χ1n) is 8.85. The molecule has 3 heterocycles. The molecule has 1 aromatic carbocycles. The van der Waals surface area contributed by atoms with E-state index in [0.717, 1.165) is 22.0 Å². The van der Waals surface area contributed by atoms with Gasteiger partial charge in [0.15, 0.2) is 16.0 Å². The van der Waals surface area contributed by atoms with Crippen molar-refractivity contribution in [3.63, 3.8) is 0 Å². The van der Waals surface area contributed by atoms with Gasteiger partial charge in [0.1, 0.15) is 22.1 Å². The first-order valence-corrected chi connectivity index (χ1v) is 11.7. The van der Waals surface area contributed by atoms with Gasteiger partial charge >= 0.3 is 5.97 Å². The maximum absolute atomic E-state index is 13.9. The number of benzene rings is 1. The third-order valence-electron chi connectivity index (χ3n) is 4.61. The van der Waals surface area contributed by atoms with Crippen LogP contribution in [0.1, 0.15) is 15.4 Å². The van der Waals surface area contributed by atoms with E-state index < -0.39 is 46.4 Å². The van der Waals surface area contributed by atoms with E-state index in [9.17, 15) is 28.3 Å². The highest BCUT2D eigenvalue weighted by atomic mass is 32.2. The molecule has 2 amide bonds. The van der Waals surface area contributed by atoms with Crippen molar-refractivity contribution < 1.29 is 28.3 Å². The van der Waals surface area contributed by atoms with Gasteiger partial charge in [-0.1, -0.05) is 29.2 Å². The van der Waals surface area contributed by atoms with Gasteiger partial charge in [0.2, 0.25) is 0 Å². The molecule has 2 atom stereocenters. The molecule has 0 bridgehead atoms. The van der Waals surface area contributed by atoms with Crippen molar-refractivity contribution in [3.05, 3.63) is 51.7 Å². The topological polar surface area (TPSA) is 112 Å². The minimum Gasteiger partial charge on any atom is -0.477 e. The van der Waals surface area contributed by atoms with E-state index in [1.54, 1.807) is 0 Å². The number of carboxylic acid groups (broad SMARTS) is 1. The van der Waals surface area contributed by atoms with Crippen molar-refractivity contribution in [3.8, 4) is 0 Å². The Balaban J connectivity index is 1.50. The number of aliphatic carboxylic acids is 1. The number of thioether (sulfide) groups is 2. The summed E-state index contributed by atoms with van der Waals surface area (Å²) >= 11 is 4.02. The summed E-state index contributed by atoms with van der Waals surface area (Å²) in [5.41, 5.74) is -0.0867. The predicted octanol–water partition coefficient (Wildman–Crippen LogP) is 2.27. The number of β-lactam (4-membered cyclic amide) rings is 1. The number of nitrogens with zero attached hydrogens (tertiary/aromatic N) is 3. The van der Waals surface area contributed by atoms with Crippen LogP contribution in [0.3, 0.4) is 0 Å². The number of aryl methyl sites for hydroxylation is 1. The Morgan fingerprint density at radius 2 is 2.13 bits per heavy atom. The predicted molar refractivity (Wildman–Crippen MR) is 111 cm³/mol. The maximum Gasteiger partial charge on any atom is 0.352 e. The van der Waals surface area contributed by atoms with Gasteiger partial charge in [-0.05, 0) is 24.6 Å². The van der Waals surface area contributed by atoms with Crippen LogP contribution in [0.2, 0.25) is 0 Å². The van der Waals surface area contributed by atoms with E-state index >= 15 is 0 Å². The quantitative estimate of drug-likeness (QED) is 0.474. The fourth-order valence-corrected chi connectivity index (χ4v) is 6.48. The number of hydrogen-bond acceptors (Lipinski definition) is 8. The first-order chi connectivity index (χ1) is 14.8. The van der Waals surface area contributed by atoms with Crippen LogP contribution in [0.15, 0.2) is 33.8 Å². The fourth-order valence-electron chi connectivity index (χ4n) is 3.18. The molecule has 1 fully saturated rings. The molecule has 0 saturated carbocycles. The molecule has 1 aromatic heterocycles. The van der Waals surface area contributed by atoms with Crippen LogP contribution in [0.5, 0.6) is 0 Å². The monoisotopic (exact) mass is 484 g/mol. The molecule has 2 aliphatic heterocycles. The minimum absolute atomic E-state index is 0.120. The molecule has 0 radical (unpaired) electrons. The smallest absolute Gasteiger partial charge is 0.352 e. The number of aromatic nitrogens is 2. The van der Waals surface area contributed by atoms with Crippen LogP contribution in [-0.2, 0) is 9.59 Å². The molecule has 31 heavy (non-hydrogen) atoms. The number of rotatable bonds is 6. The third kappa shape index (κ3) is 4.04. The number of carbonyl (C=O) groups excluding carboxylic acids is 2. The van der Waals surface area contributed by atoms with Crippen molar-refractivity contribution in [2.75, 3.05) is 11.5 Å². The molecular weight excluding hydrogens is 470 g/mol. The second kappa shape index (κ2) is 8.55. The van der Waals surface area contributed by atoms with Crippen LogP contribution >= 0.6 is 34.9 Å². The van der Waals surface area contributed by atoms with Crippen LogP contribution in [-0.4, -0.2) is 60.9 Å². The average molecular weight is 485 g/mol. The molecule has 162 valence electrons. The van der Waals surface area contributed by atoms with Gasteiger partial charge in [-0.25, -0.2) is 13.6 Å². The summed E-state index contributed by atoms with van der Waals surface area (Å²) in [7, 11) is 0. The zero-order chi connectivity index (χ0) is 22.3. The Morgan fingerprint density at radius 1 is 1.35 bits per heavy atom. The molecule has 13 heteroatoms. The molecular formula is C18H14F2N4O4S3. The summed E-state index contributed by atoms with van der Waals surface area (Å²) in [4.78, 5) is 38.0. The second-order valence-corrected chi connectivity index (χ2v) is 10.1. The molecule has 2 aromatic rings. The summed E-state index contributed by atoms with van der Waals surface area (Å²) in [6.45, 7) is 1.81. The highest BCUT2D eigenvalue weighted by Gasteiger charge is 2.54. The summed E-state index contributed by atoms with van der Waals surface area (Å²) in [5.74, 6) is -4.63. The number of nitrogens with one attached hydrogen (secondary N) is 1. The van der Waals surface area contributed by atoms with E-state index in [2.05, 4.69) is 15.5 Å². The van der Waals surface area contributed by atoms with Crippen molar-refractivity contribution in [1.29, 1.82) is 0 Å². The molecule has 2 aliphatic rings. The Kier molecular flexibility index (Phi) is 5.99. The van der Waals surface area contributed by atoms with Crippen molar-refractivity contribution in [2.45, 2.75) is 22.7 Å². The fraction of sp³-hybridized carbons (Fsp3) is 0.278. The van der Waals surface area contributed by atoms with Gasteiger partial charge in [-0.3, -0.25) is 14.5 Å². The lowest BCUT2D eigenvalue weighted by Gasteiger charge is -2.49. The number of carbonyl (C=O) groups is 3. The number of hydrogen-bond donors (Lipinski definition) is 2. The molecule has 0 unspecified atom stereocenters. The molecule has 4 rings (SSSR count). The Bertz CT molecular complexity index is 1120. The molecule has 0 aliphatic carbocycles. The summed E-state index contributed by atoms with van der Waals surface area (Å²) in [6, 6.07) is 2.14. The van der Waals surface area contributed by atoms with E-state index in [4.69, 9.17) is 0 Å². The number of fused-ring (bicyclic) bond motifs is 1. The van der Waals surface area contributed by atoms with E-state index in [-0.39, 0.29) is 5.70 Å². The van der Waals surface area contributed by atoms with Gasteiger partial charge in [0.25, 0.3) is 11.8 Å². The molecule has 2 N–H and O–H groups in total. The van der Waals surface area contributed by atoms with Gasteiger partial charge in [0, 0.05) is 11.5 Å². The largest absolute Gasteiger partial charge is 0.477 e. The summed E-state index contributed by atoms with van der Waals surface area (Å²) < 4.78 is 27.9. The van der Waals surface area contributed by atoms with Crippen molar-refractivity contribution >= 4 is 52.6 Å². The number of amides is 2. The Hall–Kier alpha value is -2.51. The summed E-state index contributed by atoms with van der Waals surface area (Å²) in [5, 5.41) is 20.1. The van der Waals surface area contributed by atoms with Gasteiger partial charge < -0.3 is 10.4 Å². The average Bonchev–Trinajstić information content (AvgIpc) is 3.16. The zero-order valence-corrected chi connectivity index (χ0v) is 18.2. The zero-order valence-electron chi connectivity index (χ0n) is 15.8. The van der Waals surface area contributed by atoms with Crippen molar-refractivity contribution in [1.82, 2.24) is 20.4 Å². The van der Waals surface area contributed by atoms with Crippen LogP contribution in [0.25, 0.3) is 0 Å². The van der Waals surface area contributed by atoms with E-state index in [1.165, 1.54) is 40.9 Å². The lowest BCUT2D eigenvalue weighted by molar-refractivity contribution is -0.148. The lowest BCUT2D eigenvalue weighted by Crippen LogP contribution is -2.70. The SMILES string of the molecule is Cc1nnc(SCC2=C(C(=O)O)N3C(=O)[C@H](NC(=O)c4cccc(F)c4F)[C@H]3SC2)s1. The lowest BCUT2D eigenvalue weighted by atomic mass is 10.0. The first kappa shape index (κ1) is 21.7. The maximum atomic E-state index is 13.9. The van der Waals surface area contributed by atoms with E-state index in [1.807, 2.05) is 6.92 Å². The number of carboxylic acids is 1. The van der Waals surface area contributed by atoms with Gasteiger partial charge in [-0.2, -0.15) is 0 Å². The minimum atomic E-state index is -1.31.